The van der Waals surface area contributed by atoms with Crippen molar-refractivity contribution in [2.45, 2.75) is 0 Å². The monoisotopic (exact) mass is 278 g/mol. The van der Waals surface area contributed by atoms with Gasteiger partial charge in [-0.3, -0.25) is 0 Å². The summed E-state index contributed by atoms with van der Waals surface area (Å²) in [6.07, 6.45) is 0. The maximum Gasteiger partial charge on any atom is 0.359 e. The molecule has 1 aliphatic heterocycles. The Kier molecular flexibility index (Phi) is 2.75. The molecule has 6 nitrogen and oxygen atoms in total. The number of carbonyl (C=O) groups is 1. The summed E-state index contributed by atoms with van der Waals surface area (Å²) in [4.78, 5) is 15.7. The molecule has 0 radical (unpaired) electrons. The molecule has 0 saturated heterocycles. The third-order valence-corrected chi connectivity index (χ3v) is 3.59. The van der Waals surface area contributed by atoms with Gasteiger partial charge in [0, 0.05) is 5.56 Å². The molecule has 0 saturated carbocycles. The number of rotatable bonds is 2. The molecule has 7 heteroatoms. The van der Waals surface area contributed by atoms with Crippen molar-refractivity contribution in [1.29, 1.82) is 0 Å². The molecule has 0 amide bonds. The van der Waals surface area contributed by atoms with E-state index in [1.165, 1.54) is 18.4 Å². The van der Waals surface area contributed by atoms with Gasteiger partial charge in [-0.25, -0.2) is 9.78 Å². The highest BCUT2D eigenvalue weighted by atomic mass is 32.1. The predicted molar refractivity (Wildman–Crippen MR) is 69.4 cm³/mol. The molecule has 1 aromatic heterocycles. The van der Waals surface area contributed by atoms with Crippen LogP contribution in [0.25, 0.3) is 10.6 Å². The Morgan fingerprint density at radius 3 is 3.00 bits per heavy atom. The van der Waals surface area contributed by atoms with Crippen LogP contribution in [0, 0.1) is 0 Å². The predicted octanol–water partition coefficient (Wildman–Crippen LogP) is 1.91. The number of hydrogen-bond acceptors (Lipinski definition) is 7. The molecule has 2 heterocycles. The number of aromatic nitrogens is 1. The summed E-state index contributed by atoms with van der Waals surface area (Å²) in [5.74, 6) is 0.813. The standard InChI is InChI=1S/C12H10N2O4S/c1-16-12(15)9-10(13)19-11(14-9)6-2-3-7-8(4-6)18-5-17-7/h2-4H,5,13H2,1H3. The lowest BCUT2D eigenvalue weighted by molar-refractivity contribution is 0.0596. The van der Waals surface area contributed by atoms with Gasteiger partial charge in [0.05, 0.1) is 7.11 Å². The van der Waals surface area contributed by atoms with E-state index in [0.29, 0.717) is 21.5 Å². The first-order chi connectivity index (χ1) is 9.19. The van der Waals surface area contributed by atoms with Gasteiger partial charge in [-0.2, -0.15) is 0 Å². The van der Waals surface area contributed by atoms with E-state index in [4.69, 9.17) is 15.2 Å². The Bertz CT molecular complexity index is 653. The molecule has 19 heavy (non-hydrogen) atoms. The second-order valence-electron chi connectivity index (χ2n) is 3.79. The van der Waals surface area contributed by atoms with Gasteiger partial charge in [0.15, 0.2) is 17.2 Å². The second kappa shape index (κ2) is 4.43. The summed E-state index contributed by atoms with van der Waals surface area (Å²) >= 11 is 1.23. The maximum atomic E-state index is 11.5. The number of fused-ring (bicyclic) bond motifs is 1. The van der Waals surface area contributed by atoms with Gasteiger partial charge in [0.1, 0.15) is 10.0 Å². The second-order valence-corrected chi connectivity index (χ2v) is 4.82. The Hall–Kier alpha value is -2.28. The smallest absolute Gasteiger partial charge is 0.359 e. The number of hydrogen-bond donors (Lipinski definition) is 1. The van der Waals surface area contributed by atoms with Crippen LogP contribution < -0.4 is 15.2 Å². The number of methoxy groups -OCH3 is 1. The van der Waals surface area contributed by atoms with Crippen molar-refractivity contribution in [3.05, 3.63) is 23.9 Å². The minimum Gasteiger partial charge on any atom is -0.464 e. The van der Waals surface area contributed by atoms with Crippen LogP contribution in [0.1, 0.15) is 10.5 Å². The molecule has 1 aromatic carbocycles. The third-order valence-electron chi connectivity index (χ3n) is 2.65. The summed E-state index contributed by atoms with van der Waals surface area (Å²) in [7, 11) is 1.29. The lowest BCUT2D eigenvalue weighted by Gasteiger charge is -1.98. The number of carbonyl (C=O) groups excluding carboxylic acids is 1. The molecule has 1 aliphatic rings. The number of thiazole rings is 1. The van der Waals surface area contributed by atoms with Crippen LogP contribution in [0.15, 0.2) is 18.2 Å². The van der Waals surface area contributed by atoms with Gasteiger partial charge in [0.25, 0.3) is 0 Å². The summed E-state index contributed by atoms with van der Waals surface area (Å²) in [6, 6.07) is 5.45. The van der Waals surface area contributed by atoms with Crippen LogP contribution in [0.3, 0.4) is 0 Å². The SMILES string of the molecule is COC(=O)c1nc(-c2ccc3c(c2)OCO3)sc1N. The van der Waals surface area contributed by atoms with Crippen LogP contribution in [0.2, 0.25) is 0 Å². The fourth-order valence-electron chi connectivity index (χ4n) is 1.73. The van der Waals surface area contributed by atoms with E-state index >= 15 is 0 Å². The van der Waals surface area contributed by atoms with E-state index in [2.05, 4.69) is 9.72 Å². The molecule has 0 unspecified atom stereocenters. The number of nitrogens with zero attached hydrogens (tertiary/aromatic N) is 1. The number of ether oxygens (including phenoxy) is 3. The molecule has 98 valence electrons. The van der Waals surface area contributed by atoms with Crippen LogP contribution in [-0.2, 0) is 4.74 Å². The van der Waals surface area contributed by atoms with E-state index in [1.807, 2.05) is 12.1 Å². The molecular weight excluding hydrogens is 268 g/mol. The first kappa shape index (κ1) is 11.8. The zero-order chi connectivity index (χ0) is 13.4. The first-order valence-electron chi connectivity index (χ1n) is 5.43. The average molecular weight is 278 g/mol. The lowest BCUT2D eigenvalue weighted by atomic mass is 10.2. The average Bonchev–Trinajstić information content (AvgIpc) is 3.03. The number of benzene rings is 1. The highest BCUT2D eigenvalue weighted by molar-refractivity contribution is 7.19. The molecule has 2 N–H and O–H groups in total. The van der Waals surface area contributed by atoms with Gasteiger partial charge < -0.3 is 19.9 Å². The molecule has 2 aromatic rings. The minimum absolute atomic E-state index is 0.139. The summed E-state index contributed by atoms with van der Waals surface area (Å²) in [5, 5.41) is 0.968. The largest absolute Gasteiger partial charge is 0.464 e. The molecule has 0 aliphatic carbocycles. The number of nitrogen functional groups attached to an aromatic ring is 1. The Morgan fingerprint density at radius 2 is 2.21 bits per heavy atom. The highest BCUT2D eigenvalue weighted by Gasteiger charge is 2.19. The van der Waals surface area contributed by atoms with Gasteiger partial charge in [-0.1, -0.05) is 11.3 Å². The first-order valence-corrected chi connectivity index (χ1v) is 6.25. The fourth-order valence-corrected chi connectivity index (χ4v) is 2.54. The highest BCUT2D eigenvalue weighted by Crippen LogP contribution is 2.38. The van der Waals surface area contributed by atoms with Crippen molar-refractivity contribution in [2.24, 2.45) is 0 Å². The van der Waals surface area contributed by atoms with E-state index in [0.717, 1.165) is 5.56 Å². The van der Waals surface area contributed by atoms with Crippen LogP contribution in [0.5, 0.6) is 11.5 Å². The van der Waals surface area contributed by atoms with Gasteiger partial charge in [0.2, 0.25) is 6.79 Å². The van der Waals surface area contributed by atoms with Crippen molar-refractivity contribution >= 4 is 22.3 Å². The number of nitrogens with two attached hydrogens (primary N) is 1. The molecule has 0 spiro atoms. The third kappa shape index (κ3) is 1.97. The quantitative estimate of drug-likeness (QED) is 0.845. The topological polar surface area (TPSA) is 83.7 Å². The van der Waals surface area contributed by atoms with E-state index < -0.39 is 5.97 Å². The summed E-state index contributed by atoms with van der Waals surface area (Å²) in [6.45, 7) is 0.214. The molecule has 3 rings (SSSR count). The van der Waals surface area contributed by atoms with Gasteiger partial charge >= 0.3 is 5.97 Å². The Balaban J connectivity index is 2.01. The maximum absolute atomic E-state index is 11.5. The molecule has 0 bridgehead atoms. The van der Waals surface area contributed by atoms with E-state index in [9.17, 15) is 4.79 Å². The van der Waals surface area contributed by atoms with Gasteiger partial charge in [-0.15, -0.1) is 0 Å². The summed E-state index contributed by atoms with van der Waals surface area (Å²) < 4.78 is 15.2. The fraction of sp³-hybridized carbons (Fsp3) is 0.167. The van der Waals surface area contributed by atoms with E-state index in [-0.39, 0.29) is 12.5 Å². The van der Waals surface area contributed by atoms with Crippen molar-refractivity contribution in [2.75, 3.05) is 19.6 Å². The van der Waals surface area contributed by atoms with Crippen molar-refractivity contribution < 1.29 is 19.0 Å². The number of esters is 1. The molecular formula is C12H10N2O4S. The lowest BCUT2D eigenvalue weighted by Crippen LogP contribution is -2.04. The Morgan fingerprint density at radius 1 is 1.42 bits per heavy atom. The van der Waals surface area contributed by atoms with E-state index in [1.54, 1.807) is 6.07 Å². The molecule has 0 atom stereocenters. The number of anilines is 1. The molecule has 0 fully saturated rings. The van der Waals surface area contributed by atoms with Crippen molar-refractivity contribution in [3.63, 3.8) is 0 Å². The zero-order valence-electron chi connectivity index (χ0n) is 10.0. The normalized spacial score (nSPS) is 12.5. The minimum atomic E-state index is -0.541. The summed E-state index contributed by atoms with van der Waals surface area (Å²) in [5.41, 5.74) is 6.72. The van der Waals surface area contributed by atoms with Crippen LogP contribution >= 0.6 is 11.3 Å². The van der Waals surface area contributed by atoms with Crippen molar-refractivity contribution in [1.82, 2.24) is 4.98 Å². The zero-order valence-corrected chi connectivity index (χ0v) is 10.8. The van der Waals surface area contributed by atoms with Gasteiger partial charge in [-0.05, 0) is 18.2 Å². The van der Waals surface area contributed by atoms with Crippen molar-refractivity contribution in [3.8, 4) is 22.1 Å². The van der Waals surface area contributed by atoms with Crippen LogP contribution in [0.4, 0.5) is 5.00 Å². The van der Waals surface area contributed by atoms with Crippen LogP contribution in [-0.4, -0.2) is 24.9 Å². The Labute approximate surface area is 112 Å².